The number of hydrogen-bond acceptors (Lipinski definition) is 6. The second kappa shape index (κ2) is 11.3. The molecule has 7 rings (SSSR count). The van der Waals surface area contributed by atoms with Crippen molar-refractivity contribution in [3.8, 4) is 11.5 Å². The third kappa shape index (κ3) is 4.42. The Bertz CT molecular complexity index is 1820. The Labute approximate surface area is 267 Å². The van der Waals surface area contributed by atoms with E-state index in [4.69, 9.17) is 4.74 Å². The summed E-state index contributed by atoms with van der Waals surface area (Å²) in [7, 11) is 0. The van der Waals surface area contributed by atoms with Crippen LogP contribution in [0.25, 0.3) is 12.2 Å². The van der Waals surface area contributed by atoms with Gasteiger partial charge in [-0.2, -0.15) is 0 Å². The summed E-state index contributed by atoms with van der Waals surface area (Å²) >= 11 is 0. The average Bonchev–Trinajstić information content (AvgIpc) is 3.48. The van der Waals surface area contributed by atoms with Gasteiger partial charge in [-0.3, -0.25) is 29.0 Å². The van der Waals surface area contributed by atoms with Gasteiger partial charge in [0.15, 0.2) is 11.5 Å². The summed E-state index contributed by atoms with van der Waals surface area (Å²) in [6.07, 6.45) is 6.02. The first-order valence-electron chi connectivity index (χ1n) is 15.6. The molecule has 232 valence electrons. The molecule has 2 aliphatic heterocycles. The number of benzene rings is 3. The minimum Gasteiger partial charge on any atom is -0.504 e. The number of fused-ring (bicyclic) bond motifs is 4. The molecule has 6 atom stereocenters. The summed E-state index contributed by atoms with van der Waals surface area (Å²) in [5.74, 6) is -4.55. The highest BCUT2D eigenvalue weighted by Gasteiger charge is 2.62. The molecular formula is C38H34N2O6. The Morgan fingerprint density at radius 2 is 1.33 bits per heavy atom. The van der Waals surface area contributed by atoms with Crippen LogP contribution in [0.2, 0.25) is 0 Å². The van der Waals surface area contributed by atoms with E-state index in [1.165, 1.54) is 15.9 Å². The van der Waals surface area contributed by atoms with E-state index in [2.05, 4.69) is 13.2 Å². The van der Waals surface area contributed by atoms with Crippen molar-refractivity contribution in [2.75, 3.05) is 16.4 Å². The van der Waals surface area contributed by atoms with Crippen LogP contribution in [0.15, 0.2) is 91.5 Å². The van der Waals surface area contributed by atoms with E-state index in [0.29, 0.717) is 30.0 Å². The molecule has 2 saturated heterocycles. The molecule has 3 aromatic rings. The molecule has 0 spiro atoms. The van der Waals surface area contributed by atoms with Crippen LogP contribution in [0.4, 0.5) is 11.4 Å². The SMILES string of the molecule is C=Cc1ccc(N2C(=O)C3CC=C4C(CC5C(=O)N(c6ccc(C=C)cc6)C(=O)C5C4c4ccc(O)c(OCC)c4)C3C2=O)cc1. The number of carbonyl (C=O) groups excluding carboxylic acids is 4. The number of rotatable bonds is 7. The number of nitrogens with zero attached hydrogens (tertiary/aromatic N) is 2. The topological polar surface area (TPSA) is 104 Å². The first kappa shape index (κ1) is 29.5. The summed E-state index contributed by atoms with van der Waals surface area (Å²) < 4.78 is 5.70. The minimum absolute atomic E-state index is 0.0281. The number of phenolic OH excluding ortho intramolecular Hbond substituents is 1. The number of imide groups is 2. The zero-order chi connectivity index (χ0) is 32.3. The van der Waals surface area contributed by atoms with Crippen molar-refractivity contribution in [1.29, 1.82) is 0 Å². The summed E-state index contributed by atoms with van der Waals surface area (Å²) in [6, 6.07) is 19.2. The van der Waals surface area contributed by atoms with Crippen molar-refractivity contribution in [2.24, 2.45) is 29.6 Å². The highest BCUT2D eigenvalue weighted by atomic mass is 16.5. The van der Waals surface area contributed by atoms with Gasteiger partial charge in [-0.05, 0) is 78.8 Å². The third-order valence-electron chi connectivity index (χ3n) is 10.1. The Morgan fingerprint density at radius 1 is 0.761 bits per heavy atom. The molecule has 3 fully saturated rings. The molecule has 3 aromatic carbocycles. The van der Waals surface area contributed by atoms with Crippen molar-refractivity contribution in [1.82, 2.24) is 0 Å². The van der Waals surface area contributed by atoms with Crippen LogP contribution in [-0.2, 0) is 19.2 Å². The summed E-state index contributed by atoms with van der Waals surface area (Å²) in [5.41, 5.74) is 4.31. The first-order chi connectivity index (χ1) is 22.3. The van der Waals surface area contributed by atoms with Crippen molar-refractivity contribution in [3.05, 3.63) is 108 Å². The predicted octanol–water partition coefficient (Wildman–Crippen LogP) is 6.12. The fraction of sp³-hybridized carbons (Fsp3) is 0.263. The van der Waals surface area contributed by atoms with Gasteiger partial charge in [0.05, 0.1) is 41.7 Å². The van der Waals surface area contributed by atoms with E-state index in [0.717, 1.165) is 16.7 Å². The van der Waals surface area contributed by atoms with E-state index in [-0.39, 0.29) is 41.5 Å². The van der Waals surface area contributed by atoms with Crippen molar-refractivity contribution >= 4 is 47.2 Å². The zero-order valence-corrected chi connectivity index (χ0v) is 25.5. The smallest absolute Gasteiger partial charge is 0.238 e. The molecule has 46 heavy (non-hydrogen) atoms. The molecule has 1 N–H and O–H groups in total. The molecule has 2 heterocycles. The number of anilines is 2. The Kier molecular flexibility index (Phi) is 7.23. The van der Waals surface area contributed by atoms with Crippen LogP contribution in [0.3, 0.4) is 0 Å². The van der Waals surface area contributed by atoms with E-state index >= 15 is 0 Å². The number of aromatic hydroxyl groups is 1. The maximum absolute atomic E-state index is 14.3. The van der Waals surface area contributed by atoms with Gasteiger partial charge < -0.3 is 9.84 Å². The second-order valence-electron chi connectivity index (χ2n) is 12.3. The molecule has 0 bridgehead atoms. The lowest BCUT2D eigenvalue weighted by Crippen LogP contribution is -2.43. The van der Waals surface area contributed by atoms with E-state index in [1.807, 2.05) is 37.3 Å². The average molecular weight is 615 g/mol. The van der Waals surface area contributed by atoms with Gasteiger partial charge in [0.25, 0.3) is 0 Å². The fourth-order valence-electron chi connectivity index (χ4n) is 7.99. The number of amides is 4. The number of hydrogen-bond donors (Lipinski definition) is 1. The van der Waals surface area contributed by atoms with Crippen LogP contribution in [0.1, 0.15) is 42.4 Å². The predicted molar refractivity (Wildman–Crippen MR) is 175 cm³/mol. The number of ether oxygens (including phenoxy) is 1. The Balaban J connectivity index is 1.32. The summed E-state index contributed by atoms with van der Waals surface area (Å²) in [5, 5.41) is 10.5. The maximum atomic E-state index is 14.3. The summed E-state index contributed by atoms with van der Waals surface area (Å²) in [6.45, 7) is 9.71. The monoisotopic (exact) mass is 614 g/mol. The van der Waals surface area contributed by atoms with Gasteiger partial charge in [-0.25, -0.2) is 0 Å². The molecule has 4 aliphatic rings. The number of allylic oxidation sites excluding steroid dienone is 2. The van der Waals surface area contributed by atoms with E-state index in [9.17, 15) is 24.3 Å². The Morgan fingerprint density at radius 3 is 1.89 bits per heavy atom. The molecule has 8 heteroatoms. The van der Waals surface area contributed by atoms with Crippen LogP contribution in [0.5, 0.6) is 11.5 Å². The van der Waals surface area contributed by atoms with Gasteiger partial charge in [0.1, 0.15) is 0 Å². The van der Waals surface area contributed by atoms with Crippen LogP contribution < -0.4 is 14.5 Å². The molecule has 1 saturated carbocycles. The van der Waals surface area contributed by atoms with Crippen molar-refractivity contribution < 1.29 is 29.0 Å². The molecule has 0 radical (unpaired) electrons. The number of carbonyl (C=O) groups is 4. The highest BCUT2D eigenvalue weighted by molar-refractivity contribution is 6.24. The highest BCUT2D eigenvalue weighted by Crippen LogP contribution is 2.58. The lowest BCUT2D eigenvalue weighted by molar-refractivity contribution is -0.126. The molecule has 2 aliphatic carbocycles. The molecular weight excluding hydrogens is 580 g/mol. The summed E-state index contributed by atoms with van der Waals surface area (Å²) in [4.78, 5) is 59.1. The van der Waals surface area contributed by atoms with E-state index < -0.39 is 35.5 Å². The molecule has 6 unspecified atom stereocenters. The molecule has 0 aromatic heterocycles. The molecule has 4 amide bonds. The van der Waals surface area contributed by atoms with Gasteiger partial charge in [0, 0.05) is 5.92 Å². The maximum Gasteiger partial charge on any atom is 0.238 e. The molecule has 8 nitrogen and oxygen atoms in total. The first-order valence-corrected chi connectivity index (χ1v) is 15.6. The van der Waals surface area contributed by atoms with Crippen LogP contribution in [0, 0.1) is 29.6 Å². The van der Waals surface area contributed by atoms with Gasteiger partial charge >= 0.3 is 0 Å². The minimum atomic E-state index is -0.723. The van der Waals surface area contributed by atoms with Gasteiger partial charge in [-0.15, -0.1) is 0 Å². The Hall–Kier alpha value is -5.24. The standard InChI is InChI=1S/C38H34N2O6/c1-4-21-7-12-24(13-8-21)39-35(42)27-17-16-26-28(33(27)37(39)44)20-29-34(32(26)23-11-18-30(41)31(19-23)46-6-3)38(45)40(36(29)43)25-14-9-22(5-2)10-15-25/h4-5,7-16,18-19,27-29,32-34,41H,1-2,6,17,20H2,3H3. The van der Waals surface area contributed by atoms with E-state index in [1.54, 1.807) is 48.6 Å². The second-order valence-corrected chi connectivity index (χ2v) is 12.3. The largest absolute Gasteiger partial charge is 0.504 e. The lowest BCUT2D eigenvalue weighted by Gasteiger charge is -2.44. The number of phenols is 1. The zero-order valence-electron chi connectivity index (χ0n) is 25.5. The van der Waals surface area contributed by atoms with Crippen LogP contribution >= 0.6 is 0 Å². The lowest BCUT2D eigenvalue weighted by atomic mass is 9.57. The van der Waals surface area contributed by atoms with Crippen molar-refractivity contribution in [3.63, 3.8) is 0 Å². The van der Waals surface area contributed by atoms with Crippen LogP contribution in [-0.4, -0.2) is 35.3 Å². The quantitative estimate of drug-likeness (QED) is 0.254. The normalized spacial score (nSPS) is 26.8. The van der Waals surface area contributed by atoms with Gasteiger partial charge in [0.2, 0.25) is 23.6 Å². The van der Waals surface area contributed by atoms with Gasteiger partial charge in [-0.1, -0.05) is 67.3 Å². The van der Waals surface area contributed by atoms with Crippen molar-refractivity contribution in [2.45, 2.75) is 25.7 Å². The fourth-order valence-corrected chi connectivity index (χ4v) is 7.99. The third-order valence-corrected chi connectivity index (χ3v) is 10.1.